The minimum absolute atomic E-state index is 0.133. The van der Waals surface area contributed by atoms with Crippen LogP contribution in [0.1, 0.15) is 29.8 Å². The number of ether oxygens (including phenoxy) is 1. The van der Waals surface area contributed by atoms with Crippen molar-refractivity contribution in [1.29, 1.82) is 0 Å². The Morgan fingerprint density at radius 1 is 0.917 bits per heavy atom. The number of rotatable bonds is 7. The summed E-state index contributed by atoms with van der Waals surface area (Å²) in [7, 11) is 0. The second-order valence-electron chi connectivity index (χ2n) is 8.29. The minimum atomic E-state index is -0.520. The van der Waals surface area contributed by atoms with Crippen LogP contribution in [0.3, 0.4) is 0 Å². The largest absolute Gasteiger partial charge is 0.459 e. The van der Waals surface area contributed by atoms with Gasteiger partial charge < -0.3 is 10.1 Å². The van der Waals surface area contributed by atoms with E-state index >= 15 is 0 Å². The molecule has 0 aromatic heterocycles. The third-order valence-electron chi connectivity index (χ3n) is 5.24. The molecule has 1 heterocycles. The zero-order chi connectivity index (χ0) is 26.0. The molecule has 4 rings (SSSR count). The Balaban J connectivity index is 1.70. The van der Waals surface area contributed by atoms with Gasteiger partial charge in [-0.15, -0.1) is 0 Å². The van der Waals surface area contributed by atoms with Crippen LogP contribution >= 0.6 is 35.0 Å². The first kappa shape index (κ1) is 25.8. The van der Waals surface area contributed by atoms with Crippen LogP contribution in [-0.2, 0) is 14.3 Å². The van der Waals surface area contributed by atoms with Crippen LogP contribution < -0.4 is 10.2 Å². The number of carbonyl (C=O) groups excluding carboxylic acids is 3. The maximum absolute atomic E-state index is 13.6. The van der Waals surface area contributed by atoms with Gasteiger partial charge in [0.05, 0.1) is 17.4 Å². The first-order valence-electron chi connectivity index (χ1n) is 11.0. The molecule has 184 valence electrons. The number of anilines is 2. The highest BCUT2D eigenvalue weighted by Gasteiger charge is 2.40. The van der Waals surface area contributed by atoms with E-state index in [1.807, 2.05) is 13.0 Å². The van der Waals surface area contributed by atoms with E-state index in [0.29, 0.717) is 27.0 Å². The summed E-state index contributed by atoms with van der Waals surface area (Å²) in [6, 6.07) is 18.4. The average molecular weight is 541 g/mol. The summed E-state index contributed by atoms with van der Waals surface area (Å²) in [5, 5.41) is 4.18. The van der Waals surface area contributed by atoms with E-state index in [-0.39, 0.29) is 16.7 Å². The van der Waals surface area contributed by atoms with E-state index in [0.717, 1.165) is 27.1 Å². The van der Waals surface area contributed by atoms with Crippen LogP contribution in [0.15, 0.2) is 82.2 Å². The van der Waals surface area contributed by atoms with E-state index in [2.05, 4.69) is 5.32 Å². The normalized spacial score (nSPS) is 13.6. The smallest absolute Gasteiger partial charge is 0.338 e. The maximum atomic E-state index is 13.6. The van der Waals surface area contributed by atoms with Crippen LogP contribution in [0.25, 0.3) is 0 Å². The quantitative estimate of drug-likeness (QED) is 0.260. The van der Waals surface area contributed by atoms with Gasteiger partial charge in [0.15, 0.2) is 0 Å². The van der Waals surface area contributed by atoms with Crippen LogP contribution in [0.2, 0.25) is 10.0 Å². The van der Waals surface area contributed by atoms with Crippen molar-refractivity contribution in [2.24, 2.45) is 0 Å². The van der Waals surface area contributed by atoms with Crippen molar-refractivity contribution in [1.82, 2.24) is 0 Å². The standard InChI is InChI=1S/C27H22Cl2N2O4S/c1-15(2)35-27(34)17-5-10-20(11-6-17)31-25(32)23(30-22-14-19(29)7-4-16(22)3)24(26(31)33)36-21-12-8-18(28)9-13-21/h4-15,30H,1-3H3. The number of carbonyl (C=O) groups is 3. The first-order valence-corrected chi connectivity index (χ1v) is 12.6. The van der Waals surface area contributed by atoms with Gasteiger partial charge in [-0.2, -0.15) is 0 Å². The fourth-order valence-electron chi connectivity index (χ4n) is 3.46. The lowest BCUT2D eigenvalue weighted by molar-refractivity contribution is -0.120. The predicted octanol–water partition coefficient (Wildman–Crippen LogP) is 6.86. The van der Waals surface area contributed by atoms with Crippen molar-refractivity contribution >= 4 is 64.1 Å². The number of hydrogen-bond donors (Lipinski definition) is 1. The Kier molecular flexibility index (Phi) is 7.73. The summed E-state index contributed by atoms with van der Waals surface area (Å²) in [5.74, 6) is -1.49. The third kappa shape index (κ3) is 5.59. The van der Waals surface area contributed by atoms with Crippen molar-refractivity contribution in [3.8, 4) is 0 Å². The van der Waals surface area contributed by atoms with E-state index in [4.69, 9.17) is 27.9 Å². The van der Waals surface area contributed by atoms with Crippen molar-refractivity contribution in [2.75, 3.05) is 10.2 Å². The number of hydrogen-bond acceptors (Lipinski definition) is 6. The van der Waals surface area contributed by atoms with E-state index < -0.39 is 17.8 Å². The van der Waals surface area contributed by atoms with Crippen LogP contribution in [0.4, 0.5) is 11.4 Å². The number of imide groups is 1. The molecule has 0 bridgehead atoms. The molecule has 3 aromatic carbocycles. The fraction of sp³-hybridized carbons (Fsp3) is 0.148. The monoisotopic (exact) mass is 540 g/mol. The number of thioether (sulfide) groups is 1. The van der Waals surface area contributed by atoms with Gasteiger partial charge >= 0.3 is 5.97 Å². The first-order chi connectivity index (χ1) is 17.1. The molecule has 36 heavy (non-hydrogen) atoms. The van der Waals surface area contributed by atoms with E-state index in [9.17, 15) is 14.4 Å². The van der Waals surface area contributed by atoms with Crippen molar-refractivity contribution in [2.45, 2.75) is 31.8 Å². The molecule has 0 saturated carbocycles. The van der Waals surface area contributed by atoms with Gasteiger partial charge in [0, 0.05) is 20.6 Å². The predicted molar refractivity (Wildman–Crippen MR) is 144 cm³/mol. The summed E-state index contributed by atoms with van der Waals surface area (Å²) < 4.78 is 5.21. The van der Waals surface area contributed by atoms with E-state index in [1.165, 1.54) is 12.1 Å². The van der Waals surface area contributed by atoms with Gasteiger partial charge in [-0.1, -0.05) is 41.0 Å². The highest BCUT2D eigenvalue weighted by Crippen LogP contribution is 2.38. The van der Waals surface area contributed by atoms with Gasteiger partial charge in [-0.25, -0.2) is 9.69 Å². The maximum Gasteiger partial charge on any atom is 0.338 e. The van der Waals surface area contributed by atoms with E-state index in [1.54, 1.807) is 62.4 Å². The van der Waals surface area contributed by atoms with Gasteiger partial charge in [0.2, 0.25) is 0 Å². The van der Waals surface area contributed by atoms with Crippen molar-refractivity contribution < 1.29 is 19.1 Å². The van der Waals surface area contributed by atoms with Gasteiger partial charge in [-0.05, 0) is 87.0 Å². The summed E-state index contributed by atoms with van der Waals surface area (Å²) in [4.78, 5) is 41.4. The fourth-order valence-corrected chi connectivity index (χ4v) is 4.69. The molecule has 1 aliphatic rings. The molecule has 0 aliphatic carbocycles. The Hall–Kier alpha value is -3.26. The molecular weight excluding hydrogens is 519 g/mol. The van der Waals surface area contributed by atoms with Crippen LogP contribution in [0, 0.1) is 6.92 Å². The average Bonchev–Trinajstić information content (AvgIpc) is 3.06. The highest BCUT2D eigenvalue weighted by atomic mass is 35.5. The molecular formula is C27H22Cl2N2O4S. The number of nitrogens with one attached hydrogen (secondary N) is 1. The second kappa shape index (κ2) is 10.8. The molecule has 1 aliphatic heterocycles. The molecule has 0 spiro atoms. The summed E-state index contributed by atoms with van der Waals surface area (Å²) in [5.41, 5.74) is 2.26. The minimum Gasteiger partial charge on any atom is -0.459 e. The topological polar surface area (TPSA) is 75.7 Å². The molecule has 3 aromatic rings. The third-order valence-corrected chi connectivity index (χ3v) is 6.82. The SMILES string of the molecule is Cc1ccc(Cl)cc1NC1=C(Sc2ccc(Cl)cc2)C(=O)N(c2ccc(C(=O)OC(C)C)cc2)C1=O. The molecule has 1 N–H and O–H groups in total. The highest BCUT2D eigenvalue weighted by molar-refractivity contribution is 8.04. The molecule has 0 saturated heterocycles. The second-order valence-corrected chi connectivity index (χ2v) is 10.2. The summed E-state index contributed by atoms with van der Waals surface area (Å²) >= 11 is 13.3. The number of nitrogens with zero attached hydrogens (tertiary/aromatic N) is 1. The van der Waals surface area contributed by atoms with Crippen molar-refractivity contribution in [3.05, 3.63) is 98.5 Å². The molecule has 0 unspecified atom stereocenters. The Morgan fingerprint density at radius 2 is 1.56 bits per heavy atom. The lowest BCUT2D eigenvalue weighted by Crippen LogP contribution is -2.32. The lowest BCUT2D eigenvalue weighted by Gasteiger charge is -2.16. The number of halogens is 2. The Morgan fingerprint density at radius 3 is 2.19 bits per heavy atom. The number of aryl methyl sites for hydroxylation is 1. The van der Waals surface area contributed by atoms with Gasteiger partial charge in [0.25, 0.3) is 11.8 Å². The van der Waals surface area contributed by atoms with Crippen LogP contribution in [0.5, 0.6) is 0 Å². The zero-order valence-corrected chi connectivity index (χ0v) is 22.0. The van der Waals surface area contributed by atoms with Gasteiger partial charge in [0.1, 0.15) is 10.6 Å². The molecule has 0 atom stereocenters. The van der Waals surface area contributed by atoms with Crippen molar-refractivity contribution in [3.63, 3.8) is 0 Å². The zero-order valence-electron chi connectivity index (χ0n) is 19.7. The number of benzene rings is 3. The molecule has 0 fully saturated rings. The Bertz CT molecular complexity index is 1370. The number of esters is 1. The molecule has 9 heteroatoms. The van der Waals surface area contributed by atoms with Gasteiger partial charge in [-0.3, -0.25) is 9.59 Å². The molecule has 2 amide bonds. The summed E-state index contributed by atoms with van der Waals surface area (Å²) in [6.07, 6.45) is -0.265. The molecule has 6 nitrogen and oxygen atoms in total. The lowest BCUT2D eigenvalue weighted by atomic mass is 10.2. The van der Waals surface area contributed by atoms with Crippen LogP contribution in [-0.4, -0.2) is 23.9 Å². The molecule has 0 radical (unpaired) electrons. The Labute approximate surface area is 223 Å². The summed E-state index contributed by atoms with van der Waals surface area (Å²) in [6.45, 7) is 5.39. The number of amides is 2.